The molecule has 2 aromatic carbocycles. The lowest BCUT2D eigenvalue weighted by Gasteiger charge is -2.12. The van der Waals surface area contributed by atoms with E-state index in [0.29, 0.717) is 16.6 Å². The van der Waals surface area contributed by atoms with Crippen molar-refractivity contribution in [3.05, 3.63) is 58.1 Å². The summed E-state index contributed by atoms with van der Waals surface area (Å²) in [6.45, 7) is 0.347. The first kappa shape index (κ1) is 27.1. The summed E-state index contributed by atoms with van der Waals surface area (Å²) >= 11 is 3.29. The standard InChI is InChI=1S/C23H22BrF3N4O5/c24-16-6-7-19(36-13-20(32)30-17-4-1-3-15(10-17)23(25,26)27)14(9-16)11-29-31-22(34)21(33)28-12-18-5-2-8-35-18/h1,3-4,6-7,9-11,18H,2,5,8,12-13H2,(H,28,33)(H,30,32)(H,31,34)/b29-11-/t18-/m1/s1. The fourth-order valence-electron chi connectivity index (χ4n) is 3.17. The number of benzene rings is 2. The molecule has 2 aromatic rings. The second-order valence-electron chi connectivity index (χ2n) is 7.64. The van der Waals surface area contributed by atoms with Gasteiger partial charge in [-0.2, -0.15) is 18.3 Å². The van der Waals surface area contributed by atoms with Crippen molar-refractivity contribution in [3.8, 4) is 5.75 Å². The Morgan fingerprint density at radius 1 is 1.17 bits per heavy atom. The minimum Gasteiger partial charge on any atom is -0.483 e. The van der Waals surface area contributed by atoms with Crippen molar-refractivity contribution >= 4 is 45.6 Å². The molecular weight excluding hydrogens is 549 g/mol. The van der Waals surface area contributed by atoms with Gasteiger partial charge < -0.3 is 20.1 Å². The van der Waals surface area contributed by atoms with Crippen LogP contribution in [-0.4, -0.2) is 49.8 Å². The van der Waals surface area contributed by atoms with Crippen molar-refractivity contribution in [2.24, 2.45) is 5.10 Å². The largest absolute Gasteiger partial charge is 0.483 e. The van der Waals surface area contributed by atoms with Gasteiger partial charge >= 0.3 is 18.0 Å². The Hall–Kier alpha value is -3.45. The number of amides is 3. The molecule has 36 heavy (non-hydrogen) atoms. The summed E-state index contributed by atoms with van der Waals surface area (Å²) in [5.41, 5.74) is 1.54. The van der Waals surface area contributed by atoms with Gasteiger partial charge in [-0.15, -0.1) is 0 Å². The van der Waals surface area contributed by atoms with E-state index in [0.717, 1.165) is 25.0 Å². The smallest absolute Gasteiger partial charge is 0.416 e. The Morgan fingerprint density at radius 3 is 2.69 bits per heavy atom. The summed E-state index contributed by atoms with van der Waals surface area (Å²) in [5.74, 6) is -2.31. The molecule has 1 atom stereocenters. The molecule has 1 saturated heterocycles. The minimum atomic E-state index is -4.54. The molecule has 3 N–H and O–H groups in total. The van der Waals surface area contributed by atoms with Crippen LogP contribution in [0.4, 0.5) is 18.9 Å². The predicted molar refractivity (Wildman–Crippen MR) is 127 cm³/mol. The minimum absolute atomic E-state index is 0.0310. The Labute approximate surface area is 212 Å². The summed E-state index contributed by atoms with van der Waals surface area (Å²) in [7, 11) is 0. The van der Waals surface area contributed by atoms with Gasteiger partial charge in [-0.1, -0.05) is 22.0 Å². The number of carbonyl (C=O) groups is 3. The molecule has 0 saturated carbocycles. The first-order chi connectivity index (χ1) is 17.1. The Kier molecular flexibility index (Phi) is 9.42. The molecule has 0 spiro atoms. The fourth-order valence-corrected chi connectivity index (χ4v) is 3.55. The predicted octanol–water partition coefficient (Wildman–Crippen LogP) is 3.23. The summed E-state index contributed by atoms with van der Waals surface area (Å²) in [6, 6.07) is 8.96. The number of hydrogen-bond acceptors (Lipinski definition) is 6. The zero-order chi connectivity index (χ0) is 26.1. The van der Waals surface area contributed by atoms with Crippen LogP contribution in [0.15, 0.2) is 52.0 Å². The van der Waals surface area contributed by atoms with E-state index in [1.54, 1.807) is 12.1 Å². The number of alkyl halides is 3. The molecule has 1 aliphatic rings. The monoisotopic (exact) mass is 570 g/mol. The molecule has 0 unspecified atom stereocenters. The average molecular weight is 571 g/mol. The lowest BCUT2D eigenvalue weighted by atomic mass is 10.2. The van der Waals surface area contributed by atoms with Crippen LogP contribution in [0.3, 0.4) is 0 Å². The van der Waals surface area contributed by atoms with Gasteiger partial charge in [0.25, 0.3) is 5.91 Å². The highest BCUT2D eigenvalue weighted by molar-refractivity contribution is 9.10. The van der Waals surface area contributed by atoms with Crippen molar-refractivity contribution in [2.75, 3.05) is 25.1 Å². The molecule has 13 heteroatoms. The summed E-state index contributed by atoms with van der Waals surface area (Å²) in [6.07, 6.45) is -1.72. The molecule has 1 heterocycles. The highest BCUT2D eigenvalue weighted by atomic mass is 79.9. The molecule has 0 radical (unpaired) electrons. The number of anilines is 1. The van der Waals surface area contributed by atoms with Crippen LogP contribution in [0.5, 0.6) is 5.75 Å². The maximum Gasteiger partial charge on any atom is 0.416 e. The Balaban J connectivity index is 1.53. The number of ether oxygens (including phenoxy) is 2. The molecule has 192 valence electrons. The highest BCUT2D eigenvalue weighted by Gasteiger charge is 2.30. The number of rotatable bonds is 8. The molecule has 1 aliphatic heterocycles. The lowest BCUT2D eigenvalue weighted by molar-refractivity contribution is -0.139. The van der Waals surface area contributed by atoms with Gasteiger partial charge in [0.2, 0.25) is 0 Å². The van der Waals surface area contributed by atoms with E-state index in [1.807, 2.05) is 0 Å². The van der Waals surface area contributed by atoms with Crippen LogP contribution in [0.1, 0.15) is 24.0 Å². The lowest BCUT2D eigenvalue weighted by Crippen LogP contribution is -2.41. The number of hydrazone groups is 1. The highest BCUT2D eigenvalue weighted by Crippen LogP contribution is 2.30. The van der Waals surface area contributed by atoms with Crippen molar-refractivity contribution in [1.29, 1.82) is 0 Å². The molecule has 0 bridgehead atoms. The van der Waals surface area contributed by atoms with Crippen LogP contribution in [0, 0.1) is 0 Å². The Morgan fingerprint density at radius 2 is 1.97 bits per heavy atom. The molecule has 9 nitrogen and oxygen atoms in total. The van der Waals surface area contributed by atoms with E-state index >= 15 is 0 Å². The van der Waals surface area contributed by atoms with Gasteiger partial charge in [0.15, 0.2) is 6.61 Å². The first-order valence-corrected chi connectivity index (χ1v) is 11.5. The van der Waals surface area contributed by atoms with E-state index < -0.39 is 36.1 Å². The average Bonchev–Trinajstić information content (AvgIpc) is 3.35. The molecule has 0 aromatic heterocycles. The summed E-state index contributed by atoms with van der Waals surface area (Å²) in [4.78, 5) is 36.0. The van der Waals surface area contributed by atoms with Gasteiger partial charge in [-0.05, 0) is 49.2 Å². The molecule has 3 rings (SSSR count). The molecule has 1 fully saturated rings. The quantitative estimate of drug-likeness (QED) is 0.256. The van der Waals surface area contributed by atoms with Crippen molar-refractivity contribution in [2.45, 2.75) is 25.1 Å². The number of halogens is 4. The van der Waals surface area contributed by atoms with Crippen molar-refractivity contribution in [1.82, 2.24) is 10.7 Å². The summed E-state index contributed by atoms with van der Waals surface area (Å²) in [5, 5.41) is 8.56. The normalized spacial score (nSPS) is 15.5. The van der Waals surface area contributed by atoms with Gasteiger partial charge in [0.1, 0.15) is 5.75 Å². The van der Waals surface area contributed by atoms with E-state index in [9.17, 15) is 27.6 Å². The first-order valence-electron chi connectivity index (χ1n) is 10.7. The SMILES string of the molecule is O=C(COc1ccc(Br)cc1/C=N\NC(=O)C(=O)NC[C@H]1CCCO1)Nc1cccc(C(F)(F)F)c1. The maximum atomic E-state index is 12.8. The van der Waals surface area contributed by atoms with E-state index in [1.165, 1.54) is 24.4 Å². The zero-order valence-corrected chi connectivity index (χ0v) is 20.3. The van der Waals surface area contributed by atoms with E-state index in [2.05, 4.69) is 37.1 Å². The number of hydrogen-bond donors (Lipinski definition) is 3. The molecule has 3 amide bonds. The van der Waals surface area contributed by atoms with Crippen LogP contribution in [-0.2, 0) is 25.3 Å². The van der Waals surface area contributed by atoms with Gasteiger partial charge in [0, 0.05) is 28.9 Å². The van der Waals surface area contributed by atoms with Crippen LogP contribution in [0.25, 0.3) is 0 Å². The number of nitrogens with one attached hydrogen (secondary N) is 3. The van der Waals surface area contributed by atoms with Crippen LogP contribution >= 0.6 is 15.9 Å². The zero-order valence-electron chi connectivity index (χ0n) is 18.7. The summed E-state index contributed by atoms with van der Waals surface area (Å²) < 4.78 is 50.0. The third kappa shape index (κ3) is 8.34. The van der Waals surface area contributed by atoms with Crippen LogP contribution < -0.4 is 20.8 Å². The van der Waals surface area contributed by atoms with Crippen molar-refractivity contribution in [3.63, 3.8) is 0 Å². The van der Waals surface area contributed by atoms with Gasteiger partial charge in [-0.3, -0.25) is 14.4 Å². The third-order valence-electron chi connectivity index (χ3n) is 4.89. The number of nitrogens with zero attached hydrogens (tertiary/aromatic N) is 1. The van der Waals surface area contributed by atoms with Gasteiger partial charge in [0.05, 0.1) is 17.9 Å². The van der Waals surface area contributed by atoms with Gasteiger partial charge in [-0.25, -0.2) is 5.43 Å². The second-order valence-corrected chi connectivity index (χ2v) is 8.56. The van der Waals surface area contributed by atoms with E-state index in [4.69, 9.17) is 9.47 Å². The van der Waals surface area contributed by atoms with Crippen LogP contribution in [0.2, 0.25) is 0 Å². The molecule has 0 aliphatic carbocycles. The molecular formula is C23H22BrF3N4O5. The maximum absolute atomic E-state index is 12.8. The Bertz CT molecular complexity index is 1140. The number of carbonyl (C=O) groups excluding carboxylic acids is 3. The third-order valence-corrected chi connectivity index (χ3v) is 5.39. The van der Waals surface area contributed by atoms with E-state index in [-0.39, 0.29) is 24.1 Å². The fraction of sp³-hybridized carbons (Fsp3) is 0.304. The van der Waals surface area contributed by atoms with Crippen molar-refractivity contribution < 1.29 is 37.0 Å². The second kappa shape index (κ2) is 12.5. The topological polar surface area (TPSA) is 118 Å².